The number of aromatic hydroxyl groups is 1. The standard InChI is InChI=1S/C15H14BrF2NO/c1-8-5-14(18)12(16)7-15(8)19-9(2)11-4-3-10(20)6-13(11)17/h3-7,9,19-20H,1-2H3. The third-order valence-corrected chi connectivity index (χ3v) is 3.70. The van der Waals surface area contributed by atoms with Crippen molar-refractivity contribution in [1.82, 2.24) is 0 Å². The maximum atomic E-state index is 13.8. The van der Waals surface area contributed by atoms with Crippen molar-refractivity contribution in [2.24, 2.45) is 0 Å². The van der Waals surface area contributed by atoms with Gasteiger partial charge in [-0.05, 0) is 53.5 Å². The lowest BCUT2D eigenvalue weighted by molar-refractivity contribution is 0.467. The molecular formula is C15H14BrF2NO. The summed E-state index contributed by atoms with van der Waals surface area (Å²) in [7, 11) is 0. The first-order chi connectivity index (χ1) is 9.38. The molecule has 2 nitrogen and oxygen atoms in total. The van der Waals surface area contributed by atoms with Gasteiger partial charge in [0.1, 0.15) is 17.4 Å². The summed E-state index contributed by atoms with van der Waals surface area (Å²) in [6.07, 6.45) is 0. The Morgan fingerprint density at radius 3 is 2.50 bits per heavy atom. The molecule has 2 aromatic carbocycles. The van der Waals surface area contributed by atoms with E-state index in [9.17, 15) is 13.9 Å². The molecule has 0 aliphatic carbocycles. The highest BCUT2D eigenvalue weighted by molar-refractivity contribution is 9.10. The van der Waals surface area contributed by atoms with Crippen LogP contribution < -0.4 is 5.32 Å². The van der Waals surface area contributed by atoms with Crippen LogP contribution in [0.3, 0.4) is 0 Å². The highest BCUT2D eigenvalue weighted by atomic mass is 79.9. The molecule has 2 rings (SSSR count). The second-order valence-corrected chi connectivity index (χ2v) is 5.51. The summed E-state index contributed by atoms with van der Waals surface area (Å²) in [5.74, 6) is -0.931. The summed E-state index contributed by atoms with van der Waals surface area (Å²) in [4.78, 5) is 0. The van der Waals surface area contributed by atoms with E-state index in [0.29, 0.717) is 10.0 Å². The van der Waals surface area contributed by atoms with E-state index in [1.54, 1.807) is 19.9 Å². The molecular weight excluding hydrogens is 328 g/mol. The third kappa shape index (κ3) is 3.10. The van der Waals surface area contributed by atoms with E-state index in [0.717, 1.165) is 17.3 Å². The minimum Gasteiger partial charge on any atom is -0.508 e. The Morgan fingerprint density at radius 1 is 1.15 bits per heavy atom. The normalized spacial score (nSPS) is 12.2. The second-order valence-electron chi connectivity index (χ2n) is 4.65. The topological polar surface area (TPSA) is 32.3 Å². The molecule has 0 spiro atoms. The Kier molecular flexibility index (Phi) is 4.28. The van der Waals surface area contributed by atoms with Crippen LogP contribution in [0.1, 0.15) is 24.1 Å². The molecule has 0 bridgehead atoms. The van der Waals surface area contributed by atoms with Gasteiger partial charge in [-0.25, -0.2) is 8.78 Å². The molecule has 0 radical (unpaired) electrons. The molecule has 20 heavy (non-hydrogen) atoms. The van der Waals surface area contributed by atoms with Crippen molar-refractivity contribution in [2.45, 2.75) is 19.9 Å². The molecule has 1 atom stereocenters. The molecule has 0 saturated carbocycles. The summed E-state index contributed by atoms with van der Waals surface area (Å²) in [6.45, 7) is 3.57. The molecule has 0 amide bonds. The fraction of sp³-hybridized carbons (Fsp3) is 0.200. The van der Waals surface area contributed by atoms with Gasteiger partial charge in [0.2, 0.25) is 0 Å². The highest BCUT2D eigenvalue weighted by Crippen LogP contribution is 2.29. The molecule has 0 aromatic heterocycles. The first-order valence-electron chi connectivity index (χ1n) is 6.09. The largest absolute Gasteiger partial charge is 0.508 e. The predicted molar refractivity (Wildman–Crippen MR) is 78.9 cm³/mol. The van der Waals surface area contributed by atoms with Gasteiger partial charge in [-0.1, -0.05) is 6.07 Å². The van der Waals surface area contributed by atoms with Crippen LogP contribution in [0.25, 0.3) is 0 Å². The molecule has 0 aliphatic rings. The number of aryl methyl sites for hydroxylation is 1. The predicted octanol–water partition coefficient (Wildman–Crippen LogP) is 4.91. The van der Waals surface area contributed by atoms with Gasteiger partial charge in [-0.2, -0.15) is 0 Å². The van der Waals surface area contributed by atoms with Crippen molar-refractivity contribution < 1.29 is 13.9 Å². The van der Waals surface area contributed by atoms with E-state index in [-0.39, 0.29) is 17.6 Å². The van der Waals surface area contributed by atoms with Crippen molar-refractivity contribution in [3.63, 3.8) is 0 Å². The zero-order valence-corrected chi connectivity index (χ0v) is 12.6. The van der Waals surface area contributed by atoms with Crippen LogP contribution in [0.4, 0.5) is 14.5 Å². The van der Waals surface area contributed by atoms with Gasteiger partial charge in [0.05, 0.1) is 10.5 Å². The van der Waals surface area contributed by atoms with E-state index in [1.807, 2.05) is 0 Å². The number of rotatable bonds is 3. The average Bonchev–Trinajstić information content (AvgIpc) is 2.35. The van der Waals surface area contributed by atoms with Crippen molar-refractivity contribution in [1.29, 1.82) is 0 Å². The Bertz CT molecular complexity index is 646. The van der Waals surface area contributed by atoms with Gasteiger partial charge < -0.3 is 10.4 Å². The van der Waals surface area contributed by atoms with Crippen LogP contribution in [0.5, 0.6) is 5.75 Å². The van der Waals surface area contributed by atoms with Gasteiger partial charge in [0.25, 0.3) is 0 Å². The Morgan fingerprint density at radius 2 is 1.85 bits per heavy atom. The molecule has 2 N–H and O–H groups in total. The number of hydrogen-bond acceptors (Lipinski definition) is 2. The maximum absolute atomic E-state index is 13.8. The fourth-order valence-electron chi connectivity index (χ4n) is 1.98. The number of halogens is 3. The summed E-state index contributed by atoms with van der Waals surface area (Å²) in [5, 5.41) is 12.3. The lowest BCUT2D eigenvalue weighted by Crippen LogP contribution is -2.09. The van der Waals surface area contributed by atoms with Crippen molar-refractivity contribution in [2.75, 3.05) is 5.32 Å². The zero-order valence-electron chi connectivity index (χ0n) is 11.0. The molecule has 0 heterocycles. The molecule has 0 saturated heterocycles. The molecule has 5 heteroatoms. The monoisotopic (exact) mass is 341 g/mol. The Hall–Kier alpha value is -1.62. The number of anilines is 1. The van der Waals surface area contributed by atoms with Gasteiger partial charge in [0.15, 0.2) is 0 Å². The van der Waals surface area contributed by atoms with Gasteiger partial charge >= 0.3 is 0 Å². The highest BCUT2D eigenvalue weighted by Gasteiger charge is 2.13. The lowest BCUT2D eigenvalue weighted by atomic mass is 10.1. The van der Waals surface area contributed by atoms with E-state index in [1.165, 1.54) is 18.2 Å². The summed E-state index contributed by atoms with van der Waals surface area (Å²) < 4.78 is 27.5. The van der Waals surface area contributed by atoms with Crippen LogP contribution in [0.15, 0.2) is 34.8 Å². The number of hydrogen-bond donors (Lipinski definition) is 2. The number of nitrogens with one attached hydrogen (secondary N) is 1. The molecule has 0 aliphatic heterocycles. The molecule has 106 valence electrons. The van der Waals surface area contributed by atoms with Crippen LogP contribution in [0, 0.1) is 18.6 Å². The third-order valence-electron chi connectivity index (χ3n) is 3.09. The van der Waals surface area contributed by atoms with E-state index in [4.69, 9.17) is 0 Å². The van der Waals surface area contributed by atoms with Crippen molar-refractivity contribution >= 4 is 21.6 Å². The fourth-order valence-corrected chi connectivity index (χ4v) is 2.32. The van der Waals surface area contributed by atoms with Crippen LogP contribution >= 0.6 is 15.9 Å². The Labute approximate surface area is 124 Å². The van der Waals surface area contributed by atoms with E-state index in [2.05, 4.69) is 21.2 Å². The number of phenolic OH excluding ortho intramolecular Hbond substituents is 1. The lowest BCUT2D eigenvalue weighted by Gasteiger charge is -2.18. The van der Waals surface area contributed by atoms with Crippen molar-refractivity contribution in [3.8, 4) is 5.75 Å². The summed E-state index contributed by atoms with van der Waals surface area (Å²) in [5.41, 5.74) is 1.89. The quantitative estimate of drug-likeness (QED) is 0.830. The smallest absolute Gasteiger partial charge is 0.137 e. The minimum atomic E-state index is -0.483. The van der Waals surface area contributed by atoms with Gasteiger partial charge in [-0.3, -0.25) is 0 Å². The number of benzene rings is 2. The van der Waals surface area contributed by atoms with Crippen LogP contribution in [-0.2, 0) is 0 Å². The summed E-state index contributed by atoms with van der Waals surface area (Å²) >= 11 is 3.13. The van der Waals surface area contributed by atoms with Crippen LogP contribution in [0.2, 0.25) is 0 Å². The average molecular weight is 342 g/mol. The van der Waals surface area contributed by atoms with Crippen molar-refractivity contribution in [3.05, 3.63) is 57.6 Å². The summed E-state index contributed by atoms with van der Waals surface area (Å²) in [6, 6.07) is 6.75. The zero-order chi connectivity index (χ0) is 14.9. The maximum Gasteiger partial charge on any atom is 0.137 e. The molecule has 2 aromatic rings. The first-order valence-corrected chi connectivity index (χ1v) is 6.88. The molecule has 0 fully saturated rings. The SMILES string of the molecule is Cc1cc(F)c(Br)cc1NC(C)c1ccc(O)cc1F. The molecule has 1 unspecified atom stereocenters. The second kappa shape index (κ2) is 5.79. The Balaban J connectivity index is 2.27. The van der Waals surface area contributed by atoms with Gasteiger partial charge in [0, 0.05) is 17.3 Å². The van der Waals surface area contributed by atoms with E-state index < -0.39 is 5.82 Å². The first kappa shape index (κ1) is 14.8. The van der Waals surface area contributed by atoms with Crippen LogP contribution in [-0.4, -0.2) is 5.11 Å². The minimum absolute atomic E-state index is 0.112. The van der Waals surface area contributed by atoms with E-state index >= 15 is 0 Å². The number of phenols is 1. The van der Waals surface area contributed by atoms with Gasteiger partial charge in [-0.15, -0.1) is 0 Å².